The van der Waals surface area contributed by atoms with E-state index in [0.717, 1.165) is 64.2 Å². The number of amides is 1. The van der Waals surface area contributed by atoms with Gasteiger partial charge in [0.05, 0.1) is 32.0 Å². The second-order valence-electron chi connectivity index (χ2n) is 26.3. The third-order valence-electron chi connectivity index (χ3n) is 17.9. The highest BCUT2D eigenvalue weighted by atomic mass is 16.7. The maximum Gasteiger partial charge on any atom is 0.305 e. The fraction of sp³-hybridized carbons (Fsp3) is 0.870. The van der Waals surface area contributed by atoms with Gasteiger partial charge in [0.2, 0.25) is 5.91 Å². The van der Waals surface area contributed by atoms with E-state index in [-0.39, 0.29) is 18.5 Å². The van der Waals surface area contributed by atoms with Gasteiger partial charge in [-0.15, -0.1) is 0 Å². The largest absolute Gasteiger partial charge is 0.466 e. The van der Waals surface area contributed by atoms with Gasteiger partial charge in [-0.25, -0.2) is 0 Å². The number of ether oxygens (including phenoxy) is 3. The summed E-state index contributed by atoms with van der Waals surface area (Å²) in [6.45, 7) is 4.35. The maximum absolute atomic E-state index is 13.0. The number of carbonyl (C=O) groups excluding carboxylic acids is 2. The monoisotopic (exact) mass is 1240 g/mol. The molecule has 6 N–H and O–H groups in total. The normalized spacial score (nSPS) is 18.0. The average molecular weight is 1240 g/mol. The first-order chi connectivity index (χ1) is 43.2. The lowest BCUT2D eigenvalue weighted by molar-refractivity contribution is -0.302. The highest BCUT2D eigenvalue weighted by molar-refractivity contribution is 5.76. The molecule has 0 aromatic rings. The number of rotatable bonds is 67. The summed E-state index contributed by atoms with van der Waals surface area (Å²) in [7, 11) is 0. The first-order valence-electron chi connectivity index (χ1n) is 37.9. The highest BCUT2D eigenvalue weighted by Gasteiger charge is 2.44. The van der Waals surface area contributed by atoms with E-state index in [2.05, 4.69) is 55.6 Å². The van der Waals surface area contributed by atoms with Crippen molar-refractivity contribution in [2.75, 3.05) is 19.8 Å². The van der Waals surface area contributed by atoms with Gasteiger partial charge < -0.3 is 45.1 Å². The van der Waals surface area contributed by atoms with Crippen molar-refractivity contribution in [1.82, 2.24) is 5.32 Å². The number of aliphatic hydroxyl groups is 5. The lowest BCUT2D eigenvalue weighted by atomic mass is 9.99. The Bertz CT molecular complexity index is 1600. The lowest BCUT2D eigenvalue weighted by Gasteiger charge is -2.40. The standard InChI is InChI=1S/C77H143NO10/c1-3-5-7-9-11-13-15-16-17-35-39-42-45-49-53-57-61-65-73(82)86-66-62-58-54-50-46-43-40-37-34-32-30-28-26-24-22-20-18-19-21-23-25-27-29-31-33-36-38-41-44-48-52-56-60-64-72(81)78-69(68-87-77-76(85)75(84)74(83)71(67-79)88-77)70(80)63-59-55-51-47-14-12-10-8-6-4-2/h16-17,22,24,28,30,59,63,69-71,74-77,79-80,83-85H,3-15,18-21,23,25-27,29,31-58,60-62,64-68H2,1-2H3,(H,78,81)/b17-16-,24-22-,30-28-,63-59+. The molecule has 1 amide bonds. The Kier molecular flexibility index (Phi) is 62.8. The molecule has 1 aliphatic heterocycles. The van der Waals surface area contributed by atoms with Crippen LogP contribution in [-0.2, 0) is 23.8 Å². The van der Waals surface area contributed by atoms with E-state index in [4.69, 9.17) is 14.2 Å². The summed E-state index contributed by atoms with van der Waals surface area (Å²) >= 11 is 0. The van der Waals surface area contributed by atoms with Crippen LogP contribution in [0.3, 0.4) is 0 Å². The predicted octanol–water partition coefficient (Wildman–Crippen LogP) is 19.9. The van der Waals surface area contributed by atoms with Gasteiger partial charge in [0.25, 0.3) is 0 Å². The smallest absolute Gasteiger partial charge is 0.305 e. The second kappa shape index (κ2) is 66.1. The molecule has 1 saturated heterocycles. The highest BCUT2D eigenvalue weighted by Crippen LogP contribution is 2.23. The molecule has 88 heavy (non-hydrogen) atoms. The molecule has 7 atom stereocenters. The lowest BCUT2D eigenvalue weighted by Crippen LogP contribution is -2.60. The zero-order valence-corrected chi connectivity index (χ0v) is 57.4. The molecule has 0 bridgehead atoms. The number of hydrogen-bond acceptors (Lipinski definition) is 10. The third-order valence-corrected chi connectivity index (χ3v) is 17.9. The quantitative estimate of drug-likeness (QED) is 0.0195. The fourth-order valence-electron chi connectivity index (χ4n) is 11.9. The molecule has 0 saturated carbocycles. The second-order valence-corrected chi connectivity index (χ2v) is 26.3. The summed E-state index contributed by atoms with van der Waals surface area (Å²) in [6, 6.07) is -0.808. The molecular formula is C77H143NO10. The van der Waals surface area contributed by atoms with E-state index < -0.39 is 49.5 Å². The molecule has 0 radical (unpaired) electrons. The Hall–Kier alpha value is -2.38. The summed E-state index contributed by atoms with van der Waals surface area (Å²) in [5.74, 6) is -0.176. The summed E-state index contributed by atoms with van der Waals surface area (Å²) < 4.78 is 16.7. The first kappa shape index (κ1) is 83.6. The van der Waals surface area contributed by atoms with Gasteiger partial charge in [0.15, 0.2) is 6.29 Å². The van der Waals surface area contributed by atoms with Gasteiger partial charge >= 0.3 is 5.97 Å². The molecule has 0 aliphatic carbocycles. The van der Waals surface area contributed by atoms with Gasteiger partial charge in [-0.2, -0.15) is 0 Å². The van der Waals surface area contributed by atoms with Gasteiger partial charge in [-0.1, -0.05) is 313 Å². The number of hydrogen-bond donors (Lipinski definition) is 6. The van der Waals surface area contributed by atoms with Crippen LogP contribution in [0.4, 0.5) is 0 Å². The zero-order valence-electron chi connectivity index (χ0n) is 57.4. The number of unbranched alkanes of at least 4 members (excludes halogenated alkanes) is 47. The van der Waals surface area contributed by atoms with Crippen molar-refractivity contribution in [3.8, 4) is 0 Å². The molecule has 11 nitrogen and oxygen atoms in total. The van der Waals surface area contributed by atoms with Crippen LogP contribution in [0.15, 0.2) is 48.6 Å². The van der Waals surface area contributed by atoms with Crippen LogP contribution in [-0.4, -0.2) is 100 Å². The van der Waals surface area contributed by atoms with Crippen LogP contribution in [0.5, 0.6) is 0 Å². The van der Waals surface area contributed by atoms with Gasteiger partial charge in [-0.05, 0) is 89.9 Å². The van der Waals surface area contributed by atoms with Gasteiger partial charge in [-0.3, -0.25) is 9.59 Å². The number of carbonyl (C=O) groups is 2. The minimum Gasteiger partial charge on any atom is -0.466 e. The summed E-state index contributed by atoms with van der Waals surface area (Å²) in [4.78, 5) is 25.1. The minimum atomic E-state index is -1.57. The van der Waals surface area contributed by atoms with Crippen LogP contribution in [0.2, 0.25) is 0 Å². The summed E-state index contributed by atoms with van der Waals surface area (Å²) in [5.41, 5.74) is 0. The van der Waals surface area contributed by atoms with Crippen LogP contribution in [0.25, 0.3) is 0 Å². The molecule has 0 aromatic heterocycles. The topological polar surface area (TPSA) is 175 Å². The van der Waals surface area contributed by atoms with E-state index in [0.29, 0.717) is 19.4 Å². The third kappa shape index (κ3) is 54.2. The van der Waals surface area contributed by atoms with E-state index in [1.807, 2.05) is 6.08 Å². The van der Waals surface area contributed by atoms with Gasteiger partial charge in [0.1, 0.15) is 24.4 Å². The van der Waals surface area contributed by atoms with Crippen molar-refractivity contribution in [3.05, 3.63) is 48.6 Å². The van der Waals surface area contributed by atoms with E-state index in [1.54, 1.807) is 6.08 Å². The molecule has 0 spiro atoms. The predicted molar refractivity (Wildman–Crippen MR) is 370 cm³/mol. The van der Waals surface area contributed by atoms with Crippen LogP contribution in [0, 0.1) is 0 Å². The molecule has 1 aliphatic rings. The zero-order chi connectivity index (χ0) is 63.7. The number of aliphatic hydroxyl groups excluding tert-OH is 5. The van der Waals surface area contributed by atoms with Crippen LogP contribution < -0.4 is 5.32 Å². The summed E-state index contributed by atoms with van der Waals surface area (Å²) in [6.07, 6.45) is 77.0. The molecule has 1 heterocycles. The Morgan fingerprint density at radius 2 is 0.761 bits per heavy atom. The first-order valence-corrected chi connectivity index (χ1v) is 37.9. The van der Waals surface area contributed by atoms with Crippen molar-refractivity contribution in [2.45, 2.75) is 410 Å². The van der Waals surface area contributed by atoms with E-state index in [1.165, 1.54) is 276 Å². The Balaban J connectivity index is 1.90. The summed E-state index contributed by atoms with van der Waals surface area (Å²) in [5, 5.41) is 54.4. The van der Waals surface area contributed by atoms with E-state index in [9.17, 15) is 35.1 Å². The Labute approximate surface area is 542 Å². The molecule has 1 fully saturated rings. The molecule has 0 aromatic carbocycles. The van der Waals surface area contributed by atoms with Crippen molar-refractivity contribution in [2.24, 2.45) is 0 Å². The number of nitrogens with one attached hydrogen (secondary N) is 1. The van der Waals surface area contributed by atoms with Crippen LogP contribution in [0.1, 0.15) is 367 Å². The SMILES string of the molecule is CCCCCCCC/C=C\CCCCCCCCCC(=O)OCCCCCCCCCCC/C=C\C/C=C\CCCCCCCCCCCCCCCCCCCC(=O)NC(COC1OC(CO)C(O)C(O)C1O)C(O)/C=C/CCCCCCCCCC. The van der Waals surface area contributed by atoms with Crippen LogP contribution >= 0.6 is 0 Å². The van der Waals surface area contributed by atoms with Crippen molar-refractivity contribution < 1.29 is 49.3 Å². The van der Waals surface area contributed by atoms with Crippen molar-refractivity contribution in [3.63, 3.8) is 0 Å². The maximum atomic E-state index is 13.0. The average Bonchev–Trinajstić information content (AvgIpc) is 1.96. The Morgan fingerprint density at radius 1 is 0.420 bits per heavy atom. The molecule has 516 valence electrons. The molecule has 1 rings (SSSR count). The van der Waals surface area contributed by atoms with Gasteiger partial charge in [0, 0.05) is 12.8 Å². The van der Waals surface area contributed by atoms with Crippen molar-refractivity contribution >= 4 is 11.9 Å². The molecule has 7 unspecified atom stereocenters. The molecular weight excluding hydrogens is 1100 g/mol. The van der Waals surface area contributed by atoms with Crippen molar-refractivity contribution in [1.29, 1.82) is 0 Å². The number of esters is 1. The number of allylic oxidation sites excluding steroid dienone is 7. The fourth-order valence-corrected chi connectivity index (χ4v) is 11.9. The minimum absolute atomic E-state index is 0.00382. The van der Waals surface area contributed by atoms with E-state index >= 15 is 0 Å². The Morgan fingerprint density at radius 3 is 1.16 bits per heavy atom. The molecule has 11 heteroatoms.